The van der Waals surface area contributed by atoms with Crippen molar-refractivity contribution in [3.8, 4) is 5.75 Å². The zero-order valence-corrected chi connectivity index (χ0v) is 17.6. The molecular formula is C23H27N3O2S. The summed E-state index contributed by atoms with van der Waals surface area (Å²) >= 11 is 1.62. The number of hydrogen-bond acceptors (Lipinski definition) is 5. The molecule has 0 aliphatic carbocycles. The maximum Gasteiger partial charge on any atom is 0.252 e. The average Bonchev–Trinajstić information content (AvgIpc) is 3.21. The number of nitrogens with zero attached hydrogens (tertiary/aromatic N) is 2. The first-order valence-electron chi connectivity index (χ1n) is 10.1. The average molecular weight is 410 g/mol. The van der Waals surface area contributed by atoms with Gasteiger partial charge in [0.15, 0.2) is 0 Å². The SMILES string of the molecule is COc1ccccc1N1CCN(CCCNC(=O)c2csc3ccccc23)CC1. The second-order valence-electron chi connectivity index (χ2n) is 7.26. The number of amides is 1. The molecule has 2 aromatic carbocycles. The van der Waals surface area contributed by atoms with Crippen molar-refractivity contribution < 1.29 is 9.53 Å². The number of nitrogens with one attached hydrogen (secondary N) is 1. The Morgan fingerprint density at radius 1 is 1.07 bits per heavy atom. The van der Waals surface area contributed by atoms with Crippen LogP contribution in [-0.2, 0) is 0 Å². The van der Waals surface area contributed by atoms with E-state index >= 15 is 0 Å². The summed E-state index contributed by atoms with van der Waals surface area (Å²) in [6, 6.07) is 16.3. The molecule has 0 unspecified atom stereocenters. The van der Waals surface area contributed by atoms with E-state index < -0.39 is 0 Å². The van der Waals surface area contributed by atoms with Crippen LogP contribution in [0.5, 0.6) is 5.75 Å². The van der Waals surface area contributed by atoms with Crippen LogP contribution in [-0.4, -0.2) is 57.2 Å². The number of benzene rings is 2. The molecule has 3 aromatic rings. The zero-order valence-electron chi connectivity index (χ0n) is 16.8. The van der Waals surface area contributed by atoms with Gasteiger partial charge >= 0.3 is 0 Å². The summed E-state index contributed by atoms with van der Waals surface area (Å²) in [4.78, 5) is 17.4. The van der Waals surface area contributed by atoms with E-state index in [1.807, 2.05) is 35.7 Å². The molecule has 6 heteroatoms. The second-order valence-corrected chi connectivity index (χ2v) is 8.17. The topological polar surface area (TPSA) is 44.8 Å². The number of piperazine rings is 1. The number of thiophene rings is 1. The number of rotatable bonds is 7. The van der Waals surface area contributed by atoms with Crippen LogP contribution < -0.4 is 15.0 Å². The van der Waals surface area contributed by atoms with E-state index in [4.69, 9.17) is 4.74 Å². The summed E-state index contributed by atoms with van der Waals surface area (Å²) in [7, 11) is 1.72. The van der Waals surface area contributed by atoms with E-state index in [2.05, 4.69) is 33.3 Å². The van der Waals surface area contributed by atoms with Crippen molar-refractivity contribution in [2.75, 3.05) is 51.3 Å². The van der Waals surface area contributed by atoms with E-state index in [0.717, 1.165) is 60.5 Å². The van der Waals surface area contributed by atoms with Gasteiger partial charge in [-0.25, -0.2) is 0 Å². The van der Waals surface area contributed by atoms with Crippen molar-refractivity contribution >= 4 is 33.0 Å². The first kappa shape index (κ1) is 19.7. The molecule has 1 aromatic heterocycles. The lowest BCUT2D eigenvalue weighted by Crippen LogP contribution is -2.47. The number of anilines is 1. The van der Waals surface area contributed by atoms with Gasteiger partial charge in [0.25, 0.3) is 5.91 Å². The number of carbonyl (C=O) groups is 1. The number of para-hydroxylation sites is 2. The fraction of sp³-hybridized carbons (Fsp3) is 0.348. The Balaban J connectivity index is 1.21. The van der Waals surface area contributed by atoms with Gasteiger partial charge in [-0.05, 0) is 31.2 Å². The van der Waals surface area contributed by atoms with Gasteiger partial charge < -0.3 is 15.0 Å². The standard InChI is InChI=1S/C23H27N3O2S/c1-28-21-9-4-3-8-20(21)26-15-13-25(14-16-26)12-6-11-24-23(27)19-17-29-22-10-5-2-7-18(19)22/h2-5,7-10,17H,6,11-16H2,1H3,(H,24,27). The molecule has 2 heterocycles. The van der Waals surface area contributed by atoms with Crippen LogP contribution in [0.4, 0.5) is 5.69 Å². The highest BCUT2D eigenvalue weighted by Gasteiger charge is 2.19. The van der Waals surface area contributed by atoms with E-state index in [9.17, 15) is 4.79 Å². The lowest BCUT2D eigenvalue weighted by molar-refractivity contribution is 0.0953. The van der Waals surface area contributed by atoms with Gasteiger partial charge in [-0.3, -0.25) is 9.69 Å². The number of fused-ring (bicyclic) bond motifs is 1. The third-order valence-electron chi connectivity index (χ3n) is 5.46. The highest BCUT2D eigenvalue weighted by molar-refractivity contribution is 7.17. The summed E-state index contributed by atoms with van der Waals surface area (Å²) in [6.45, 7) is 5.75. The van der Waals surface area contributed by atoms with E-state index in [1.165, 1.54) is 5.69 Å². The van der Waals surface area contributed by atoms with Gasteiger partial charge in [0, 0.05) is 48.2 Å². The summed E-state index contributed by atoms with van der Waals surface area (Å²) in [5, 5.41) is 6.08. The first-order valence-corrected chi connectivity index (χ1v) is 11.0. The normalized spacial score (nSPS) is 14.9. The number of carbonyl (C=O) groups excluding carboxylic acids is 1. The molecule has 0 atom stereocenters. The smallest absolute Gasteiger partial charge is 0.252 e. The molecule has 5 nitrogen and oxygen atoms in total. The predicted molar refractivity (Wildman–Crippen MR) is 120 cm³/mol. The maximum atomic E-state index is 12.5. The van der Waals surface area contributed by atoms with Gasteiger partial charge in [-0.15, -0.1) is 11.3 Å². The van der Waals surface area contributed by atoms with E-state index in [0.29, 0.717) is 6.54 Å². The summed E-state index contributed by atoms with van der Waals surface area (Å²) < 4.78 is 6.65. The molecule has 29 heavy (non-hydrogen) atoms. The minimum absolute atomic E-state index is 0.0310. The van der Waals surface area contributed by atoms with Crippen LogP contribution in [0, 0.1) is 0 Å². The molecule has 1 amide bonds. The Morgan fingerprint density at radius 2 is 1.83 bits per heavy atom. The number of methoxy groups -OCH3 is 1. The van der Waals surface area contributed by atoms with Gasteiger partial charge in [0.1, 0.15) is 5.75 Å². The van der Waals surface area contributed by atoms with Crippen LogP contribution in [0.3, 0.4) is 0 Å². The van der Waals surface area contributed by atoms with E-state index in [1.54, 1.807) is 18.4 Å². The fourth-order valence-corrected chi connectivity index (χ4v) is 4.80. The summed E-state index contributed by atoms with van der Waals surface area (Å²) in [5.74, 6) is 0.966. The third-order valence-corrected chi connectivity index (χ3v) is 6.42. The Kier molecular flexibility index (Phi) is 6.32. The van der Waals surface area contributed by atoms with Crippen LogP contribution >= 0.6 is 11.3 Å². The summed E-state index contributed by atoms with van der Waals surface area (Å²) in [6.07, 6.45) is 0.961. The van der Waals surface area contributed by atoms with Crippen LogP contribution in [0.2, 0.25) is 0 Å². The van der Waals surface area contributed by atoms with Crippen molar-refractivity contribution in [3.63, 3.8) is 0 Å². The molecule has 0 bridgehead atoms. The quantitative estimate of drug-likeness (QED) is 0.602. The van der Waals surface area contributed by atoms with Crippen LogP contribution in [0.15, 0.2) is 53.9 Å². The molecular weight excluding hydrogens is 382 g/mol. The molecule has 1 saturated heterocycles. The Bertz CT molecular complexity index is 963. The molecule has 1 fully saturated rings. The third kappa shape index (κ3) is 4.54. The molecule has 0 radical (unpaired) electrons. The molecule has 1 aliphatic heterocycles. The lowest BCUT2D eigenvalue weighted by atomic mass is 10.1. The van der Waals surface area contributed by atoms with Crippen molar-refractivity contribution in [3.05, 3.63) is 59.5 Å². The van der Waals surface area contributed by atoms with Crippen molar-refractivity contribution in [2.24, 2.45) is 0 Å². The molecule has 0 saturated carbocycles. The molecule has 0 spiro atoms. The van der Waals surface area contributed by atoms with Crippen LogP contribution in [0.25, 0.3) is 10.1 Å². The van der Waals surface area contributed by atoms with Gasteiger partial charge in [0.2, 0.25) is 0 Å². The Morgan fingerprint density at radius 3 is 2.66 bits per heavy atom. The van der Waals surface area contributed by atoms with E-state index in [-0.39, 0.29) is 5.91 Å². The summed E-state index contributed by atoms with van der Waals surface area (Å²) in [5.41, 5.74) is 1.96. The van der Waals surface area contributed by atoms with Gasteiger partial charge in [-0.1, -0.05) is 30.3 Å². The molecule has 1 N–H and O–H groups in total. The van der Waals surface area contributed by atoms with Crippen molar-refractivity contribution in [1.29, 1.82) is 0 Å². The Hall–Kier alpha value is -2.57. The van der Waals surface area contributed by atoms with Crippen LogP contribution in [0.1, 0.15) is 16.8 Å². The maximum absolute atomic E-state index is 12.5. The van der Waals surface area contributed by atoms with Gasteiger partial charge in [0.05, 0.1) is 18.4 Å². The highest BCUT2D eigenvalue weighted by Crippen LogP contribution is 2.28. The molecule has 152 valence electrons. The van der Waals surface area contributed by atoms with Crippen molar-refractivity contribution in [2.45, 2.75) is 6.42 Å². The highest BCUT2D eigenvalue weighted by atomic mass is 32.1. The monoisotopic (exact) mass is 409 g/mol. The molecule has 4 rings (SSSR count). The first-order chi connectivity index (χ1) is 14.3. The lowest BCUT2D eigenvalue weighted by Gasteiger charge is -2.36. The fourth-order valence-electron chi connectivity index (χ4n) is 3.86. The molecule has 1 aliphatic rings. The number of ether oxygens (including phenoxy) is 1. The predicted octanol–water partition coefficient (Wildman–Crippen LogP) is 3.85. The van der Waals surface area contributed by atoms with Crippen molar-refractivity contribution in [1.82, 2.24) is 10.2 Å². The second kappa shape index (κ2) is 9.29. The van der Waals surface area contributed by atoms with Gasteiger partial charge in [-0.2, -0.15) is 0 Å². The zero-order chi connectivity index (χ0) is 20.1. The number of hydrogen-bond donors (Lipinski definition) is 1. The Labute approximate surface area is 175 Å². The minimum atomic E-state index is 0.0310. The minimum Gasteiger partial charge on any atom is -0.495 e. The largest absolute Gasteiger partial charge is 0.495 e.